The molecule has 3 heterocycles. The maximum Gasteiger partial charge on any atom is 0.225 e. The standard InChI is InChI=1S/C15H20ClN3S/c1-3-11-9-12-13(17-15(16)18-14(12)20-11)19-8-6-4-5-7-10(19)2/h9-10H,3-8H2,1-2H3. The molecule has 1 aliphatic heterocycles. The third kappa shape index (κ3) is 2.63. The van der Waals surface area contributed by atoms with Crippen LogP contribution in [0.15, 0.2) is 6.07 Å². The van der Waals surface area contributed by atoms with Gasteiger partial charge in [0.25, 0.3) is 0 Å². The first-order chi connectivity index (χ1) is 9.69. The second-order valence-electron chi connectivity index (χ2n) is 5.49. The smallest absolute Gasteiger partial charge is 0.225 e. The molecule has 0 radical (unpaired) electrons. The van der Waals surface area contributed by atoms with Crippen LogP contribution in [-0.2, 0) is 6.42 Å². The van der Waals surface area contributed by atoms with Crippen molar-refractivity contribution in [3.63, 3.8) is 0 Å². The summed E-state index contributed by atoms with van der Waals surface area (Å²) in [6.07, 6.45) is 6.12. The van der Waals surface area contributed by atoms with E-state index < -0.39 is 0 Å². The summed E-state index contributed by atoms with van der Waals surface area (Å²) >= 11 is 7.88. The maximum absolute atomic E-state index is 6.14. The fraction of sp³-hybridized carbons (Fsp3) is 0.600. The molecular weight excluding hydrogens is 290 g/mol. The summed E-state index contributed by atoms with van der Waals surface area (Å²) in [7, 11) is 0. The summed E-state index contributed by atoms with van der Waals surface area (Å²) in [5, 5.41) is 1.54. The van der Waals surface area contributed by atoms with Gasteiger partial charge >= 0.3 is 0 Å². The van der Waals surface area contributed by atoms with Gasteiger partial charge in [-0.2, -0.15) is 4.98 Å². The van der Waals surface area contributed by atoms with Gasteiger partial charge in [-0.15, -0.1) is 11.3 Å². The summed E-state index contributed by atoms with van der Waals surface area (Å²) in [6.45, 7) is 5.54. The molecule has 1 fully saturated rings. The predicted octanol–water partition coefficient (Wildman–Crippen LogP) is 4.68. The average molecular weight is 310 g/mol. The second kappa shape index (κ2) is 5.86. The number of nitrogens with zero attached hydrogens (tertiary/aromatic N) is 3. The van der Waals surface area contributed by atoms with Gasteiger partial charge < -0.3 is 4.90 Å². The topological polar surface area (TPSA) is 29.0 Å². The van der Waals surface area contributed by atoms with E-state index in [0.717, 1.165) is 23.6 Å². The first-order valence-corrected chi connectivity index (χ1v) is 8.61. The van der Waals surface area contributed by atoms with Crippen LogP contribution >= 0.6 is 22.9 Å². The van der Waals surface area contributed by atoms with Gasteiger partial charge in [0.1, 0.15) is 10.6 Å². The van der Waals surface area contributed by atoms with E-state index >= 15 is 0 Å². The number of hydrogen-bond acceptors (Lipinski definition) is 4. The molecule has 1 aliphatic rings. The Bertz CT molecular complexity index is 610. The molecule has 1 atom stereocenters. The lowest BCUT2D eigenvalue weighted by molar-refractivity contribution is 0.612. The summed E-state index contributed by atoms with van der Waals surface area (Å²) in [4.78, 5) is 13.7. The van der Waals surface area contributed by atoms with E-state index in [1.165, 1.54) is 35.9 Å². The number of aromatic nitrogens is 2. The van der Waals surface area contributed by atoms with Crippen LogP contribution in [0, 0.1) is 0 Å². The number of aryl methyl sites for hydroxylation is 1. The van der Waals surface area contributed by atoms with Crippen LogP contribution in [0.25, 0.3) is 10.2 Å². The Morgan fingerprint density at radius 3 is 3.00 bits per heavy atom. The Morgan fingerprint density at radius 2 is 2.20 bits per heavy atom. The molecule has 2 aromatic rings. The van der Waals surface area contributed by atoms with Gasteiger partial charge in [-0.3, -0.25) is 0 Å². The van der Waals surface area contributed by atoms with Crippen molar-refractivity contribution in [2.24, 2.45) is 0 Å². The van der Waals surface area contributed by atoms with Crippen LogP contribution in [0.3, 0.4) is 0 Å². The summed E-state index contributed by atoms with van der Waals surface area (Å²) in [5.74, 6) is 1.03. The van der Waals surface area contributed by atoms with Gasteiger partial charge in [-0.25, -0.2) is 4.98 Å². The number of anilines is 1. The van der Waals surface area contributed by atoms with Gasteiger partial charge in [0, 0.05) is 17.5 Å². The fourth-order valence-corrected chi connectivity index (χ4v) is 4.09. The largest absolute Gasteiger partial charge is 0.353 e. The Balaban J connectivity index is 2.10. The molecule has 0 spiro atoms. The van der Waals surface area contributed by atoms with E-state index in [9.17, 15) is 0 Å². The van der Waals surface area contributed by atoms with E-state index in [0.29, 0.717) is 11.3 Å². The van der Waals surface area contributed by atoms with Crippen LogP contribution < -0.4 is 4.90 Å². The normalized spacial score (nSPS) is 20.4. The van der Waals surface area contributed by atoms with Crippen molar-refractivity contribution in [2.75, 3.05) is 11.4 Å². The van der Waals surface area contributed by atoms with Gasteiger partial charge in [0.2, 0.25) is 5.28 Å². The van der Waals surface area contributed by atoms with E-state index in [1.807, 2.05) is 0 Å². The van der Waals surface area contributed by atoms with Gasteiger partial charge in [0.15, 0.2) is 0 Å². The molecule has 0 N–H and O–H groups in total. The highest BCUT2D eigenvalue weighted by Crippen LogP contribution is 2.34. The van der Waals surface area contributed by atoms with Crippen molar-refractivity contribution in [1.82, 2.24) is 9.97 Å². The Labute approximate surface area is 129 Å². The third-order valence-electron chi connectivity index (χ3n) is 4.07. The molecule has 0 bridgehead atoms. The average Bonchev–Trinajstić information content (AvgIpc) is 2.72. The van der Waals surface area contributed by atoms with Crippen molar-refractivity contribution in [3.05, 3.63) is 16.2 Å². The lowest BCUT2D eigenvalue weighted by Crippen LogP contribution is -2.33. The lowest BCUT2D eigenvalue weighted by Gasteiger charge is -2.28. The second-order valence-corrected chi connectivity index (χ2v) is 6.95. The Hall–Kier alpha value is -0.870. The lowest BCUT2D eigenvalue weighted by atomic mass is 10.1. The van der Waals surface area contributed by atoms with Crippen molar-refractivity contribution in [1.29, 1.82) is 0 Å². The van der Waals surface area contributed by atoms with Gasteiger partial charge in [-0.05, 0) is 43.9 Å². The Morgan fingerprint density at radius 1 is 1.35 bits per heavy atom. The van der Waals surface area contributed by atoms with Crippen molar-refractivity contribution < 1.29 is 0 Å². The highest BCUT2D eigenvalue weighted by atomic mass is 35.5. The van der Waals surface area contributed by atoms with Crippen LogP contribution in [-0.4, -0.2) is 22.6 Å². The first kappa shape index (κ1) is 14.1. The van der Waals surface area contributed by atoms with E-state index in [2.05, 4.69) is 34.8 Å². The molecule has 0 amide bonds. The zero-order chi connectivity index (χ0) is 14.1. The molecule has 3 nitrogen and oxygen atoms in total. The molecular formula is C15H20ClN3S. The fourth-order valence-electron chi connectivity index (χ4n) is 2.91. The number of rotatable bonds is 2. The molecule has 1 saturated heterocycles. The molecule has 5 heteroatoms. The SMILES string of the molecule is CCc1cc2c(N3CCCCCC3C)nc(Cl)nc2s1. The molecule has 108 valence electrons. The zero-order valence-corrected chi connectivity index (χ0v) is 13.6. The molecule has 0 aliphatic carbocycles. The molecule has 20 heavy (non-hydrogen) atoms. The van der Waals surface area contributed by atoms with E-state index in [-0.39, 0.29) is 0 Å². The third-order valence-corrected chi connectivity index (χ3v) is 5.41. The van der Waals surface area contributed by atoms with E-state index in [1.54, 1.807) is 11.3 Å². The van der Waals surface area contributed by atoms with Gasteiger partial charge in [-0.1, -0.05) is 19.8 Å². The number of halogens is 1. The zero-order valence-electron chi connectivity index (χ0n) is 12.0. The molecule has 2 aromatic heterocycles. The van der Waals surface area contributed by atoms with Gasteiger partial charge in [0.05, 0.1) is 5.39 Å². The van der Waals surface area contributed by atoms with Crippen molar-refractivity contribution in [2.45, 2.75) is 52.0 Å². The summed E-state index contributed by atoms with van der Waals surface area (Å²) in [5.41, 5.74) is 0. The highest BCUT2D eigenvalue weighted by Gasteiger charge is 2.22. The maximum atomic E-state index is 6.14. The van der Waals surface area contributed by atoms with Crippen LogP contribution in [0.1, 0.15) is 44.4 Å². The molecule has 0 aromatic carbocycles. The quantitative estimate of drug-likeness (QED) is 0.754. The number of thiophene rings is 1. The van der Waals surface area contributed by atoms with Crippen LogP contribution in [0.5, 0.6) is 0 Å². The Kier molecular flexibility index (Phi) is 4.13. The highest BCUT2D eigenvalue weighted by molar-refractivity contribution is 7.18. The van der Waals surface area contributed by atoms with Crippen LogP contribution in [0.2, 0.25) is 5.28 Å². The summed E-state index contributed by atoms with van der Waals surface area (Å²) in [6, 6.07) is 2.76. The van der Waals surface area contributed by atoms with Crippen molar-refractivity contribution in [3.8, 4) is 0 Å². The minimum Gasteiger partial charge on any atom is -0.353 e. The monoisotopic (exact) mass is 309 g/mol. The minimum absolute atomic E-state index is 0.369. The minimum atomic E-state index is 0.369. The molecule has 0 saturated carbocycles. The number of hydrogen-bond donors (Lipinski definition) is 0. The van der Waals surface area contributed by atoms with Crippen LogP contribution in [0.4, 0.5) is 5.82 Å². The molecule has 3 rings (SSSR count). The van der Waals surface area contributed by atoms with Crippen molar-refractivity contribution >= 4 is 39.0 Å². The predicted molar refractivity (Wildman–Crippen MR) is 87.1 cm³/mol. The number of fused-ring (bicyclic) bond motifs is 1. The first-order valence-electron chi connectivity index (χ1n) is 7.41. The van der Waals surface area contributed by atoms with E-state index in [4.69, 9.17) is 11.6 Å². The molecule has 1 unspecified atom stereocenters. The summed E-state index contributed by atoms with van der Waals surface area (Å²) < 4.78 is 0.